The third kappa shape index (κ3) is 4.64. The summed E-state index contributed by atoms with van der Waals surface area (Å²) >= 11 is 12.6. The van der Waals surface area contributed by atoms with Crippen molar-refractivity contribution >= 4 is 51.9 Å². The van der Waals surface area contributed by atoms with Crippen LogP contribution < -0.4 is 9.47 Å². The van der Waals surface area contributed by atoms with Crippen LogP contribution in [-0.2, 0) is 11.4 Å². The van der Waals surface area contributed by atoms with Gasteiger partial charge in [-0.15, -0.1) is 0 Å². The summed E-state index contributed by atoms with van der Waals surface area (Å²) in [7, 11) is 1.68. The summed E-state index contributed by atoms with van der Waals surface area (Å²) in [6, 6.07) is 13.1. The molecule has 1 heterocycles. The van der Waals surface area contributed by atoms with Crippen LogP contribution in [0.3, 0.4) is 0 Å². The van der Waals surface area contributed by atoms with Crippen molar-refractivity contribution in [3.05, 3.63) is 63.5 Å². The lowest BCUT2D eigenvalue weighted by molar-refractivity contribution is -0.121. The van der Waals surface area contributed by atoms with Crippen LogP contribution in [0.25, 0.3) is 6.08 Å². The molecule has 0 atom stereocenters. The highest BCUT2D eigenvalue weighted by molar-refractivity contribution is 8.26. The Balaban J connectivity index is 1.81. The highest BCUT2D eigenvalue weighted by Gasteiger charge is 2.28. The minimum Gasteiger partial charge on any atom is -0.490 e. The van der Waals surface area contributed by atoms with Crippen molar-refractivity contribution in [2.24, 2.45) is 0 Å². The Morgan fingerprint density at radius 2 is 1.96 bits per heavy atom. The predicted octanol–water partition coefficient (Wildman–Crippen LogP) is 5.15. The van der Waals surface area contributed by atoms with Crippen LogP contribution in [0.1, 0.15) is 18.1 Å². The molecule has 4 nitrogen and oxygen atoms in total. The smallest absolute Gasteiger partial charge is 0.265 e. The third-order valence-electron chi connectivity index (χ3n) is 3.89. The van der Waals surface area contributed by atoms with E-state index in [-0.39, 0.29) is 5.91 Å². The molecule has 0 bridgehead atoms. The Morgan fingerprint density at radius 3 is 2.63 bits per heavy atom. The highest BCUT2D eigenvalue weighted by atomic mass is 35.5. The minimum atomic E-state index is -0.0954. The van der Waals surface area contributed by atoms with Gasteiger partial charge in [-0.3, -0.25) is 9.69 Å². The Bertz CT molecular complexity index is 914. The van der Waals surface area contributed by atoms with Crippen LogP contribution in [0.2, 0.25) is 5.02 Å². The van der Waals surface area contributed by atoms with Gasteiger partial charge in [0.1, 0.15) is 10.9 Å². The lowest BCUT2D eigenvalue weighted by atomic mass is 10.1. The maximum atomic E-state index is 12.2. The number of rotatable bonds is 6. The molecular weight excluding hydrogens is 402 g/mol. The zero-order chi connectivity index (χ0) is 19.4. The van der Waals surface area contributed by atoms with Gasteiger partial charge < -0.3 is 9.47 Å². The zero-order valence-corrected chi connectivity index (χ0v) is 17.3. The number of likely N-dealkylation sites (N-methyl/N-ethyl adjacent to an activating group) is 1. The van der Waals surface area contributed by atoms with E-state index >= 15 is 0 Å². The molecule has 140 valence electrons. The SMILES string of the molecule is CCOc1cc(/C=C2/SC(=S)N(C)C2=O)ccc1OCc1ccccc1Cl. The summed E-state index contributed by atoms with van der Waals surface area (Å²) in [5, 5.41) is 0.661. The Kier molecular flexibility index (Phi) is 6.42. The molecule has 1 saturated heterocycles. The maximum absolute atomic E-state index is 12.2. The summed E-state index contributed by atoms with van der Waals surface area (Å²) in [6.07, 6.45) is 1.81. The Morgan fingerprint density at radius 1 is 1.19 bits per heavy atom. The average Bonchev–Trinajstić information content (AvgIpc) is 2.89. The van der Waals surface area contributed by atoms with E-state index in [1.165, 1.54) is 16.7 Å². The van der Waals surface area contributed by atoms with Crippen LogP contribution in [0, 0.1) is 0 Å². The first-order chi connectivity index (χ1) is 13.0. The fraction of sp³-hybridized carbons (Fsp3) is 0.200. The topological polar surface area (TPSA) is 38.8 Å². The van der Waals surface area contributed by atoms with E-state index in [1.54, 1.807) is 7.05 Å². The van der Waals surface area contributed by atoms with Gasteiger partial charge in [0.15, 0.2) is 11.5 Å². The number of thioether (sulfide) groups is 1. The van der Waals surface area contributed by atoms with Crippen molar-refractivity contribution in [3.8, 4) is 11.5 Å². The molecule has 0 saturated carbocycles. The molecule has 0 spiro atoms. The molecule has 0 radical (unpaired) electrons. The van der Waals surface area contributed by atoms with Crippen LogP contribution in [-0.4, -0.2) is 28.8 Å². The Labute approximate surface area is 173 Å². The van der Waals surface area contributed by atoms with Gasteiger partial charge in [0.2, 0.25) is 0 Å². The Hall–Kier alpha value is -2.02. The van der Waals surface area contributed by atoms with Crippen molar-refractivity contribution in [2.45, 2.75) is 13.5 Å². The van der Waals surface area contributed by atoms with Crippen molar-refractivity contribution in [3.63, 3.8) is 0 Å². The monoisotopic (exact) mass is 419 g/mol. The van der Waals surface area contributed by atoms with Gasteiger partial charge in [0, 0.05) is 17.6 Å². The lowest BCUT2D eigenvalue weighted by Crippen LogP contribution is -2.22. The molecule has 0 aliphatic carbocycles. The van der Waals surface area contributed by atoms with E-state index in [0.717, 1.165) is 11.1 Å². The standard InChI is InChI=1S/C20H18ClNO3S2/c1-3-24-17-10-13(11-18-19(23)22(2)20(26)27-18)8-9-16(17)25-12-14-6-4-5-7-15(14)21/h4-11H,3,12H2,1-2H3/b18-11+. The first-order valence-corrected chi connectivity index (χ1v) is 9.94. The molecule has 3 rings (SSSR count). The predicted molar refractivity (Wildman–Crippen MR) is 114 cm³/mol. The first-order valence-electron chi connectivity index (χ1n) is 8.34. The third-order valence-corrected chi connectivity index (χ3v) is 5.75. The molecule has 7 heteroatoms. The van der Waals surface area contributed by atoms with Gasteiger partial charge in [-0.25, -0.2) is 0 Å². The molecule has 1 aliphatic rings. The number of hydrogen-bond acceptors (Lipinski definition) is 5. The number of halogens is 1. The number of carbonyl (C=O) groups excluding carboxylic acids is 1. The molecule has 0 N–H and O–H groups in total. The second-order valence-corrected chi connectivity index (χ2v) is 7.84. The quantitative estimate of drug-likeness (QED) is 0.478. The van der Waals surface area contributed by atoms with Crippen molar-refractivity contribution in [1.29, 1.82) is 0 Å². The van der Waals surface area contributed by atoms with Gasteiger partial charge in [-0.2, -0.15) is 0 Å². The largest absolute Gasteiger partial charge is 0.490 e. The van der Waals surface area contributed by atoms with Gasteiger partial charge >= 0.3 is 0 Å². The second kappa shape index (κ2) is 8.78. The fourth-order valence-electron chi connectivity index (χ4n) is 2.47. The van der Waals surface area contributed by atoms with Crippen molar-refractivity contribution < 1.29 is 14.3 Å². The number of amides is 1. The van der Waals surface area contributed by atoms with E-state index < -0.39 is 0 Å². The first kappa shape index (κ1) is 19.7. The summed E-state index contributed by atoms with van der Waals surface area (Å²) in [4.78, 5) is 14.2. The molecule has 27 heavy (non-hydrogen) atoms. The van der Waals surface area contributed by atoms with Crippen molar-refractivity contribution in [2.75, 3.05) is 13.7 Å². The molecule has 1 fully saturated rings. The van der Waals surface area contributed by atoms with Crippen LogP contribution in [0.5, 0.6) is 11.5 Å². The number of hydrogen-bond donors (Lipinski definition) is 0. The number of ether oxygens (including phenoxy) is 2. The van der Waals surface area contributed by atoms with Gasteiger partial charge in [0.05, 0.1) is 11.5 Å². The van der Waals surface area contributed by atoms with E-state index in [0.29, 0.717) is 39.0 Å². The molecule has 2 aromatic carbocycles. The fourth-order valence-corrected chi connectivity index (χ4v) is 3.84. The molecule has 2 aromatic rings. The number of thiocarbonyl (C=S) groups is 1. The normalized spacial score (nSPS) is 15.5. The van der Waals surface area contributed by atoms with Crippen LogP contribution in [0.15, 0.2) is 47.4 Å². The average molecular weight is 420 g/mol. The number of nitrogens with zero attached hydrogens (tertiary/aromatic N) is 1. The minimum absolute atomic E-state index is 0.0954. The second-order valence-electron chi connectivity index (χ2n) is 5.76. The van der Waals surface area contributed by atoms with Crippen LogP contribution in [0.4, 0.5) is 0 Å². The molecule has 1 aliphatic heterocycles. The van der Waals surface area contributed by atoms with E-state index in [2.05, 4.69) is 0 Å². The van der Waals surface area contributed by atoms with E-state index in [1.807, 2.05) is 55.5 Å². The lowest BCUT2D eigenvalue weighted by Gasteiger charge is -2.13. The number of benzene rings is 2. The molecule has 1 amide bonds. The van der Waals surface area contributed by atoms with Crippen LogP contribution >= 0.6 is 35.6 Å². The molecule has 0 unspecified atom stereocenters. The summed E-state index contributed by atoms with van der Waals surface area (Å²) in [5.74, 6) is 1.14. The van der Waals surface area contributed by atoms with E-state index in [4.69, 9.17) is 33.3 Å². The van der Waals surface area contributed by atoms with E-state index in [9.17, 15) is 4.79 Å². The summed E-state index contributed by atoms with van der Waals surface area (Å²) < 4.78 is 12.2. The van der Waals surface area contributed by atoms with Gasteiger partial charge in [0.25, 0.3) is 5.91 Å². The number of carbonyl (C=O) groups is 1. The highest BCUT2D eigenvalue weighted by Crippen LogP contribution is 2.34. The maximum Gasteiger partial charge on any atom is 0.265 e. The summed E-state index contributed by atoms with van der Waals surface area (Å²) in [6.45, 7) is 2.75. The van der Waals surface area contributed by atoms with Crippen molar-refractivity contribution in [1.82, 2.24) is 4.90 Å². The zero-order valence-electron chi connectivity index (χ0n) is 14.9. The molecular formula is C20H18ClNO3S2. The summed E-state index contributed by atoms with van der Waals surface area (Å²) in [5.41, 5.74) is 1.75. The molecule has 0 aromatic heterocycles. The van der Waals surface area contributed by atoms with Gasteiger partial charge in [-0.05, 0) is 36.8 Å². The van der Waals surface area contributed by atoms with Gasteiger partial charge in [-0.1, -0.05) is 59.8 Å².